The number of hydrogen-bond acceptors (Lipinski definition) is 13. The van der Waals surface area contributed by atoms with E-state index in [-0.39, 0.29) is 88.2 Å². The summed E-state index contributed by atoms with van der Waals surface area (Å²) in [5.41, 5.74) is 24.0. The second kappa shape index (κ2) is 37.6. The summed E-state index contributed by atoms with van der Waals surface area (Å²) in [6.45, 7) is 20.0. The minimum absolute atomic E-state index is 0.0455. The standard InChI is InChI=1S/C56H99N13O10/c1-12-15-17-22-44(70)61-38(23-26-57)50(73)69-47(36(11)14-3)56(79)63-39(24-27-58)49(72)65-43(31-37-20-18-16-19-21-37)53(76)64-41(29-32(4)5)52(75)62-40(25-28-59)51(74)67-45(34(8)9)55(78)66-42(30-33(6)7)54(77)68-46(48(60)71)35(10)13-2/h16,18-21,32-36,38-43,45-47H,12-15,17,22-31,57-59H2,1-11H3,(H2,60,71)(H,61,70)(H,62,75)(H,63,79)(H,64,76)(H,65,72)(H,66,78)(H,67,74)(H,68,77)(H,69,73)/t35-,36-,38-,39-,40-,41-,42-,43+,45+,46-,47-/m0/s1. The lowest BCUT2D eigenvalue weighted by Gasteiger charge is -2.30. The second-order valence-electron chi connectivity index (χ2n) is 21.9. The van der Waals surface area contributed by atoms with Gasteiger partial charge >= 0.3 is 0 Å². The van der Waals surface area contributed by atoms with Crippen molar-refractivity contribution in [1.29, 1.82) is 0 Å². The number of rotatable bonds is 39. The molecule has 0 spiro atoms. The van der Waals surface area contributed by atoms with Crippen molar-refractivity contribution >= 4 is 59.1 Å². The number of benzene rings is 1. The Morgan fingerprint density at radius 3 is 1.25 bits per heavy atom. The first kappa shape index (κ1) is 70.8. The van der Waals surface area contributed by atoms with E-state index in [1.807, 2.05) is 48.5 Å². The van der Waals surface area contributed by atoms with Gasteiger partial charge in [-0.2, -0.15) is 0 Å². The maximum absolute atomic E-state index is 14.5. The molecule has 0 saturated heterocycles. The maximum Gasteiger partial charge on any atom is 0.243 e. The van der Waals surface area contributed by atoms with Crippen molar-refractivity contribution in [2.75, 3.05) is 19.6 Å². The van der Waals surface area contributed by atoms with Gasteiger partial charge in [-0.15, -0.1) is 0 Å². The molecule has 0 aliphatic rings. The van der Waals surface area contributed by atoms with Crippen LogP contribution in [-0.4, -0.2) is 133 Å². The van der Waals surface area contributed by atoms with Crippen molar-refractivity contribution in [1.82, 2.24) is 47.9 Å². The van der Waals surface area contributed by atoms with Crippen LogP contribution in [0.2, 0.25) is 0 Å². The Balaban J connectivity index is 3.49. The average Bonchev–Trinajstić information content (AvgIpc) is 3.39. The lowest BCUT2D eigenvalue weighted by Crippen LogP contribution is -2.62. The van der Waals surface area contributed by atoms with Crippen molar-refractivity contribution < 1.29 is 47.9 Å². The molecule has 23 nitrogen and oxygen atoms in total. The molecule has 1 rings (SSSR count). The number of carbonyl (C=O) groups is 10. The van der Waals surface area contributed by atoms with Gasteiger partial charge in [-0.3, -0.25) is 47.9 Å². The number of nitrogens with two attached hydrogens (primary N) is 4. The van der Waals surface area contributed by atoms with Crippen molar-refractivity contribution in [3.8, 4) is 0 Å². The van der Waals surface area contributed by atoms with E-state index in [4.69, 9.17) is 22.9 Å². The highest BCUT2D eigenvalue weighted by atomic mass is 16.2. The third kappa shape index (κ3) is 26.1. The fraction of sp³-hybridized carbons (Fsp3) is 0.714. The molecule has 17 N–H and O–H groups in total. The predicted octanol–water partition coefficient (Wildman–Crippen LogP) is 0.545. The topological polar surface area (TPSA) is 383 Å². The largest absolute Gasteiger partial charge is 0.368 e. The lowest BCUT2D eigenvalue weighted by molar-refractivity contribution is -0.136. The molecule has 0 aliphatic carbocycles. The molecule has 0 fully saturated rings. The van der Waals surface area contributed by atoms with E-state index in [0.29, 0.717) is 24.8 Å². The zero-order valence-electron chi connectivity index (χ0n) is 49.0. The highest BCUT2D eigenvalue weighted by molar-refractivity contribution is 5.98. The molecule has 0 aromatic heterocycles. The normalized spacial score (nSPS) is 15.6. The third-order valence-corrected chi connectivity index (χ3v) is 13.7. The Morgan fingerprint density at radius 2 is 0.797 bits per heavy atom. The molecule has 79 heavy (non-hydrogen) atoms. The monoisotopic (exact) mass is 1110 g/mol. The predicted molar refractivity (Wildman–Crippen MR) is 305 cm³/mol. The molecule has 23 heteroatoms. The first-order valence-corrected chi connectivity index (χ1v) is 28.4. The molecule has 448 valence electrons. The molecule has 0 heterocycles. The Kier molecular flexibility index (Phi) is 33.7. The van der Waals surface area contributed by atoms with Crippen LogP contribution in [0.15, 0.2) is 30.3 Å². The van der Waals surface area contributed by atoms with E-state index >= 15 is 0 Å². The SMILES string of the molecule is CCCCCC(=O)N[C@@H](CCN)C(=O)N[C@H](C(=O)N[C@@H](CCN)C(=O)N[C@H](Cc1ccccc1)C(=O)N[C@@H](CC(C)C)C(=O)N[C@@H](CCN)C(=O)N[C@@H](C(=O)N[C@@H](CC(C)C)C(=O)N[C@H](C(N)=O)[C@@H](C)CC)C(C)C)[C@@H](C)CC. The molecule has 0 bridgehead atoms. The van der Waals surface area contributed by atoms with Gasteiger partial charge in [0.15, 0.2) is 0 Å². The Hall–Kier alpha value is -6.20. The third-order valence-electron chi connectivity index (χ3n) is 13.7. The number of hydrogen-bond donors (Lipinski definition) is 13. The zero-order valence-corrected chi connectivity index (χ0v) is 49.0. The second-order valence-corrected chi connectivity index (χ2v) is 21.9. The van der Waals surface area contributed by atoms with Crippen LogP contribution in [-0.2, 0) is 54.4 Å². The van der Waals surface area contributed by atoms with Crippen LogP contribution in [0.4, 0.5) is 0 Å². The lowest BCUT2D eigenvalue weighted by atomic mass is 9.96. The van der Waals surface area contributed by atoms with Gasteiger partial charge in [-0.25, -0.2) is 0 Å². The Labute approximate surface area is 469 Å². The molecule has 11 atom stereocenters. The van der Waals surface area contributed by atoms with Gasteiger partial charge in [0.05, 0.1) is 0 Å². The van der Waals surface area contributed by atoms with Crippen LogP contribution in [0.1, 0.15) is 152 Å². The fourth-order valence-electron chi connectivity index (χ4n) is 8.64. The van der Waals surface area contributed by atoms with Gasteiger partial charge in [0, 0.05) is 12.8 Å². The number of carbonyl (C=O) groups excluding carboxylic acids is 10. The summed E-state index contributed by atoms with van der Waals surface area (Å²) in [7, 11) is 0. The smallest absolute Gasteiger partial charge is 0.243 e. The van der Waals surface area contributed by atoms with Crippen LogP contribution in [0.25, 0.3) is 0 Å². The first-order valence-electron chi connectivity index (χ1n) is 28.4. The van der Waals surface area contributed by atoms with Crippen LogP contribution < -0.4 is 70.8 Å². The summed E-state index contributed by atoms with van der Waals surface area (Å²) in [4.78, 5) is 137. The zero-order chi connectivity index (χ0) is 59.9. The average molecular weight is 1110 g/mol. The van der Waals surface area contributed by atoms with Crippen molar-refractivity contribution in [3.05, 3.63) is 35.9 Å². The Morgan fingerprint density at radius 1 is 0.430 bits per heavy atom. The summed E-state index contributed by atoms with van der Waals surface area (Å²) < 4.78 is 0. The van der Waals surface area contributed by atoms with Gasteiger partial charge in [0.2, 0.25) is 59.1 Å². The number of unbranched alkanes of at least 4 members (excludes halogenated alkanes) is 2. The fourth-order valence-corrected chi connectivity index (χ4v) is 8.64. The van der Waals surface area contributed by atoms with E-state index < -0.39 is 119 Å². The molecular formula is C56H99N13O10. The minimum Gasteiger partial charge on any atom is -0.368 e. The van der Waals surface area contributed by atoms with Crippen LogP contribution >= 0.6 is 0 Å². The van der Waals surface area contributed by atoms with Gasteiger partial charge in [-0.05, 0) is 93.3 Å². The highest BCUT2D eigenvalue weighted by Gasteiger charge is 2.37. The summed E-state index contributed by atoms with van der Waals surface area (Å²) in [5.74, 6) is -8.11. The number of primary amides is 1. The summed E-state index contributed by atoms with van der Waals surface area (Å²) in [6.07, 6.45) is 3.89. The number of amides is 10. The molecule has 0 unspecified atom stereocenters. The molecule has 1 aromatic rings. The van der Waals surface area contributed by atoms with Crippen molar-refractivity contribution in [3.63, 3.8) is 0 Å². The molecular weight excluding hydrogens is 1010 g/mol. The van der Waals surface area contributed by atoms with E-state index in [1.54, 1.807) is 58.0 Å². The van der Waals surface area contributed by atoms with Gasteiger partial charge in [0.1, 0.15) is 54.4 Å². The maximum atomic E-state index is 14.5. The summed E-state index contributed by atoms with van der Waals surface area (Å²) in [5, 5.41) is 24.6. The van der Waals surface area contributed by atoms with Crippen molar-refractivity contribution in [2.24, 2.45) is 52.5 Å². The van der Waals surface area contributed by atoms with E-state index in [1.165, 1.54) is 0 Å². The molecule has 0 radical (unpaired) electrons. The van der Waals surface area contributed by atoms with Gasteiger partial charge in [-0.1, -0.05) is 132 Å². The number of nitrogens with one attached hydrogen (secondary N) is 9. The quantitative estimate of drug-likeness (QED) is 0.0401. The van der Waals surface area contributed by atoms with Crippen LogP contribution in [0, 0.1) is 29.6 Å². The van der Waals surface area contributed by atoms with Gasteiger partial charge < -0.3 is 70.8 Å². The molecule has 1 aromatic carbocycles. The van der Waals surface area contributed by atoms with Crippen molar-refractivity contribution in [2.45, 2.75) is 208 Å². The highest BCUT2D eigenvalue weighted by Crippen LogP contribution is 2.15. The molecule has 0 aliphatic heterocycles. The van der Waals surface area contributed by atoms with Crippen LogP contribution in [0.5, 0.6) is 0 Å². The summed E-state index contributed by atoms with van der Waals surface area (Å²) >= 11 is 0. The van der Waals surface area contributed by atoms with E-state index in [2.05, 4.69) is 47.9 Å². The molecule has 0 saturated carbocycles. The minimum atomic E-state index is -1.32. The van der Waals surface area contributed by atoms with Gasteiger partial charge in [0.25, 0.3) is 0 Å². The van der Waals surface area contributed by atoms with E-state index in [9.17, 15) is 47.9 Å². The Bertz CT molecular complexity index is 2090. The van der Waals surface area contributed by atoms with E-state index in [0.717, 1.165) is 12.8 Å². The first-order chi connectivity index (χ1) is 37.3. The van der Waals surface area contributed by atoms with Crippen LogP contribution in [0.3, 0.4) is 0 Å². The summed E-state index contributed by atoms with van der Waals surface area (Å²) in [6, 6.07) is -1.74. The molecule has 10 amide bonds.